The molecule has 0 radical (unpaired) electrons. The van der Waals surface area contributed by atoms with Gasteiger partial charge in [-0.25, -0.2) is 4.85 Å². The Kier molecular flexibility index (Phi) is 1.82. The van der Waals surface area contributed by atoms with E-state index in [4.69, 9.17) is 12.3 Å². The summed E-state index contributed by atoms with van der Waals surface area (Å²) in [4.78, 5) is 3.35. The molecule has 1 aliphatic carbocycles. The minimum absolute atomic E-state index is 0.572. The van der Waals surface area contributed by atoms with Crippen LogP contribution in [-0.2, 0) is 0 Å². The van der Waals surface area contributed by atoms with Crippen LogP contribution >= 0.6 is 0 Å². The minimum Gasteiger partial charge on any atom is -0.397 e. The quantitative estimate of drug-likeness (QED) is 0.532. The summed E-state index contributed by atoms with van der Waals surface area (Å²) in [7, 11) is 0. The van der Waals surface area contributed by atoms with Crippen molar-refractivity contribution >= 4 is 17.1 Å². The fourth-order valence-electron chi connectivity index (χ4n) is 1.19. The average molecular weight is 173 g/mol. The molecular weight excluding hydrogens is 162 g/mol. The van der Waals surface area contributed by atoms with E-state index >= 15 is 0 Å². The predicted molar refractivity (Wildman–Crippen MR) is 53.8 cm³/mol. The molecule has 2 rings (SSSR count). The van der Waals surface area contributed by atoms with Gasteiger partial charge in [-0.1, -0.05) is 6.07 Å². The van der Waals surface area contributed by atoms with Crippen LogP contribution in [0.4, 0.5) is 17.1 Å². The first-order chi connectivity index (χ1) is 6.29. The Morgan fingerprint density at radius 1 is 1.46 bits per heavy atom. The largest absolute Gasteiger partial charge is 0.397 e. The molecule has 0 aromatic heterocycles. The molecule has 66 valence electrons. The van der Waals surface area contributed by atoms with Crippen LogP contribution in [-0.4, -0.2) is 6.04 Å². The number of nitrogens with two attached hydrogens (primary N) is 1. The number of hydrogen-bond donors (Lipinski definition) is 2. The maximum absolute atomic E-state index is 6.87. The van der Waals surface area contributed by atoms with Gasteiger partial charge in [0.15, 0.2) is 5.69 Å². The summed E-state index contributed by atoms with van der Waals surface area (Å²) >= 11 is 0. The fraction of sp³-hybridized carbons (Fsp3) is 0.300. The number of anilines is 2. The maximum Gasteiger partial charge on any atom is 0.189 e. The zero-order chi connectivity index (χ0) is 9.26. The Balaban J connectivity index is 2.25. The molecule has 0 saturated heterocycles. The third-order valence-corrected chi connectivity index (χ3v) is 2.10. The van der Waals surface area contributed by atoms with Crippen molar-refractivity contribution in [3.05, 3.63) is 29.6 Å². The van der Waals surface area contributed by atoms with Crippen LogP contribution in [0.15, 0.2) is 18.2 Å². The van der Waals surface area contributed by atoms with Gasteiger partial charge in [-0.3, -0.25) is 0 Å². The van der Waals surface area contributed by atoms with E-state index < -0.39 is 0 Å². The molecule has 1 aromatic carbocycles. The van der Waals surface area contributed by atoms with E-state index in [1.165, 1.54) is 12.8 Å². The number of nitrogen functional groups attached to an aromatic ring is 1. The van der Waals surface area contributed by atoms with Crippen molar-refractivity contribution < 1.29 is 0 Å². The summed E-state index contributed by atoms with van der Waals surface area (Å²) in [6.07, 6.45) is 2.42. The van der Waals surface area contributed by atoms with E-state index in [1.54, 1.807) is 18.2 Å². The summed E-state index contributed by atoms with van der Waals surface area (Å²) in [5.41, 5.74) is 8.01. The minimum atomic E-state index is 0.572. The molecule has 1 saturated carbocycles. The molecule has 0 atom stereocenters. The highest BCUT2D eigenvalue weighted by molar-refractivity contribution is 5.72. The summed E-state index contributed by atoms with van der Waals surface area (Å²) in [6.45, 7) is 6.87. The molecule has 13 heavy (non-hydrogen) atoms. The summed E-state index contributed by atoms with van der Waals surface area (Å²) in [5, 5.41) is 3.29. The molecule has 0 unspecified atom stereocenters. The normalized spacial score (nSPS) is 15.0. The molecule has 0 spiro atoms. The van der Waals surface area contributed by atoms with Crippen LogP contribution in [0, 0.1) is 6.57 Å². The molecule has 3 heteroatoms. The van der Waals surface area contributed by atoms with Crippen LogP contribution in [0.3, 0.4) is 0 Å². The number of rotatable bonds is 2. The maximum atomic E-state index is 6.87. The lowest BCUT2D eigenvalue weighted by Crippen LogP contribution is -2.03. The molecule has 0 bridgehead atoms. The standard InChI is InChI=1S/C10H11N3/c1-12-8-4-5-9(11)10(6-8)13-7-2-3-7/h4-7,13H,2-3,11H2. The third kappa shape index (κ3) is 1.73. The number of benzene rings is 1. The molecule has 1 aliphatic rings. The Morgan fingerprint density at radius 2 is 2.23 bits per heavy atom. The highest BCUT2D eigenvalue weighted by atomic mass is 15.0. The van der Waals surface area contributed by atoms with Gasteiger partial charge < -0.3 is 11.1 Å². The average Bonchev–Trinajstić information content (AvgIpc) is 2.93. The van der Waals surface area contributed by atoms with E-state index in [0.717, 1.165) is 11.4 Å². The van der Waals surface area contributed by atoms with Gasteiger partial charge in [-0.05, 0) is 25.0 Å². The highest BCUT2D eigenvalue weighted by Gasteiger charge is 2.21. The van der Waals surface area contributed by atoms with Crippen molar-refractivity contribution in [2.24, 2.45) is 0 Å². The zero-order valence-corrected chi connectivity index (χ0v) is 7.25. The molecule has 1 fully saturated rings. The monoisotopic (exact) mass is 173 g/mol. The highest BCUT2D eigenvalue weighted by Crippen LogP contribution is 2.30. The van der Waals surface area contributed by atoms with Gasteiger partial charge in [-0.15, -0.1) is 0 Å². The van der Waals surface area contributed by atoms with Crippen LogP contribution in [0.1, 0.15) is 12.8 Å². The molecule has 0 heterocycles. The first kappa shape index (κ1) is 7.93. The summed E-state index contributed by atoms with van der Waals surface area (Å²) in [6, 6.07) is 5.89. The van der Waals surface area contributed by atoms with Gasteiger partial charge in [-0.2, -0.15) is 0 Å². The van der Waals surface area contributed by atoms with E-state index in [-0.39, 0.29) is 0 Å². The zero-order valence-electron chi connectivity index (χ0n) is 7.25. The molecule has 3 N–H and O–H groups in total. The van der Waals surface area contributed by atoms with E-state index in [2.05, 4.69) is 10.2 Å². The third-order valence-electron chi connectivity index (χ3n) is 2.10. The Bertz CT molecular complexity index is 361. The van der Waals surface area contributed by atoms with Gasteiger partial charge in [0.05, 0.1) is 12.3 Å². The first-order valence-corrected chi connectivity index (χ1v) is 4.33. The van der Waals surface area contributed by atoms with Crippen LogP contribution in [0.5, 0.6) is 0 Å². The molecule has 0 aliphatic heterocycles. The van der Waals surface area contributed by atoms with E-state index in [9.17, 15) is 0 Å². The Labute approximate surface area is 77.4 Å². The molecular formula is C10H11N3. The topological polar surface area (TPSA) is 42.4 Å². The van der Waals surface area contributed by atoms with Crippen molar-refractivity contribution in [2.75, 3.05) is 11.1 Å². The van der Waals surface area contributed by atoms with Crippen molar-refractivity contribution in [3.8, 4) is 0 Å². The van der Waals surface area contributed by atoms with Crippen molar-refractivity contribution in [3.63, 3.8) is 0 Å². The van der Waals surface area contributed by atoms with Gasteiger partial charge in [0, 0.05) is 11.7 Å². The second-order valence-corrected chi connectivity index (χ2v) is 3.30. The van der Waals surface area contributed by atoms with Gasteiger partial charge in [0.2, 0.25) is 0 Å². The van der Waals surface area contributed by atoms with Gasteiger partial charge >= 0.3 is 0 Å². The second kappa shape index (κ2) is 2.98. The Hall–Kier alpha value is -1.69. The van der Waals surface area contributed by atoms with Gasteiger partial charge in [0.1, 0.15) is 0 Å². The lowest BCUT2D eigenvalue weighted by atomic mass is 10.2. The lowest BCUT2D eigenvalue weighted by Gasteiger charge is -2.07. The van der Waals surface area contributed by atoms with Crippen molar-refractivity contribution in [2.45, 2.75) is 18.9 Å². The fourth-order valence-corrected chi connectivity index (χ4v) is 1.19. The van der Waals surface area contributed by atoms with Crippen LogP contribution in [0.25, 0.3) is 4.85 Å². The lowest BCUT2D eigenvalue weighted by molar-refractivity contribution is 1.16. The Morgan fingerprint density at radius 3 is 2.85 bits per heavy atom. The molecule has 0 amide bonds. The number of hydrogen-bond acceptors (Lipinski definition) is 2. The predicted octanol–water partition coefficient (Wildman–Crippen LogP) is 2.39. The van der Waals surface area contributed by atoms with Crippen molar-refractivity contribution in [1.29, 1.82) is 0 Å². The summed E-state index contributed by atoms with van der Waals surface area (Å²) < 4.78 is 0. The van der Waals surface area contributed by atoms with E-state index in [1.807, 2.05) is 0 Å². The number of nitrogens with zero attached hydrogens (tertiary/aromatic N) is 1. The van der Waals surface area contributed by atoms with Crippen molar-refractivity contribution in [1.82, 2.24) is 0 Å². The first-order valence-electron chi connectivity index (χ1n) is 4.33. The van der Waals surface area contributed by atoms with E-state index in [0.29, 0.717) is 11.7 Å². The SMILES string of the molecule is [C-]#[N+]c1ccc(N)c(NC2CC2)c1. The number of nitrogens with one attached hydrogen (secondary N) is 1. The van der Waals surface area contributed by atoms with Crippen LogP contribution < -0.4 is 11.1 Å². The summed E-state index contributed by atoms with van der Waals surface area (Å²) in [5.74, 6) is 0. The molecule has 3 nitrogen and oxygen atoms in total. The van der Waals surface area contributed by atoms with Gasteiger partial charge in [0.25, 0.3) is 0 Å². The molecule has 1 aromatic rings. The van der Waals surface area contributed by atoms with Crippen LogP contribution in [0.2, 0.25) is 0 Å². The second-order valence-electron chi connectivity index (χ2n) is 3.30. The smallest absolute Gasteiger partial charge is 0.189 e.